The molecule has 0 amide bonds. The van der Waals surface area contributed by atoms with Crippen LogP contribution in [0.5, 0.6) is 0 Å². The van der Waals surface area contributed by atoms with Crippen LogP contribution < -0.4 is 0 Å². The molecule has 1 heterocycles. The van der Waals surface area contributed by atoms with Crippen molar-refractivity contribution in [1.82, 2.24) is 0 Å². The molecule has 2 nitrogen and oxygen atoms in total. The highest BCUT2D eigenvalue weighted by atomic mass is 35.5. The first kappa shape index (κ1) is 15.9. The quantitative estimate of drug-likeness (QED) is 0.541. The molecule has 0 aliphatic carbocycles. The molecule has 1 unspecified atom stereocenters. The Balaban J connectivity index is 2.04. The summed E-state index contributed by atoms with van der Waals surface area (Å²) in [6.07, 6.45) is 3.32. The third kappa shape index (κ3) is 3.09. The lowest BCUT2D eigenvalue weighted by Gasteiger charge is -2.21. The van der Waals surface area contributed by atoms with E-state index < -0.39 is 0 Å². The number of benzene rings is 2. The van der Waals surface area contributed by atoms with Crippen molar-refractivity contribution in [1.29, 1.82) is 0 Å². The lowest BCUT2D eigenvalue weighted by Crippen LogP contribution is -2.11. The molecule has 0 aromatic heterocycles. The van der Waals surface area contributed by atoms with Crippen molar-refractivity contribution in [3.8, 4) is 0 Å². The van der Waals surface area contributed by atoms with Gasteiger partial charge in [0.15, 0.2) is 0 Å². The zero-order valence-electron chi connectivity index (χ0n) is 13.6. The van der Waals surface area contributed by atoms with E-state index in [4.69, 9.17) is 11.6 Å². The van der Waals surface area contributed by atoms with Gasteiger partial charge in [0.1, 0.15) is 11.4 Å². The summed E-state index contributed by atoms with van der Waals surface area (Å²) in [6, 6.07) is 12.9. The average Bonchev–Trinajstić information content (AvgIpc) is 2.52. The van der Waals surface area contributed by atoms with Crippen LogP contribution in [-0.4, -0.2) is 12.5 Å². The smallest absolute Gasteiger partial charge is 0.149 e. The van der Waals surface area contributed by atoms with Gasteiger partial charge in [0.25, 0.3) is 0 Å². The molecule has 23 heavy (non-hydrogen) atoms. The number of aldehydes is 1. The van der Waals surface area contributed by atoms with Gasteiger partial charge in [0, 0.05) is 17.7 Å². The van der Waals surface area contributed by atoms with Crippen LogP contribution in [0.2, 0.25) is 0 Å². The summed E-state index contributed by atoms with van der Waals surface area (Å²) < 4.78 is 0. The number of fused-ring (bicyclic) bond motifs is 1. The topological polar surface area (TPSA) is 29.4 Å². The summed E-state index contributed by atoms with van der Waals surface area (Å²) >= 11 is 6.07. The molecule has 3 rings (SSSR count). The van der Waals surface area contributed by atoms with Gasteiger partial charge in [0.05, 0.1) is 0 Å². The molecule has 0 N–H and O–H groups in total. The fourth-order valence-corrected chi connectivity index (χ4v) is 3.22. The minimum atomic E-state index is -0.0100. The lowest BCUT2D eigenvalue weighted by molar-refractivity contribution is -0.105. The highest BCUT2D eigenvalue weighted by Crippen LogP contribution is 2.35. The van der Waals surface area contributed by atoms with E-state index in [1.165, 1.54) is 16.3 Å². The van der Waals surface area contributed by atoms with Crippen molar-refractivity contribution in [3.63, 3.8) is 0 Å². The molecule has 1 aliphatic heterocycles. The summed E-state index contributed by atoms with van der Waals surface area (Å²) in [4.78, 5) is 15.4. The number of carbonyl (C=O) groups excluding carboxylic acids is 1. The highest BCUT2D eigenvalue weighted by Gasteiger charge is 2.22. The maximum atomic E-state index is 11.4. The lowest BCUT2D eigenvalue weighted by atomic mass is 9.84. The number of hydrogen-bond acceptors (Lipinski definition) is 2. The second-order valence-corrected chi connectivity index (χ2v) is 7.39. The van der Waals surface area contributed by atoms with Gasteiger partial charge in [0.2, 0.25) is 0 Å². The van der Waals surface area contributed by atoms with Crippen LogP contribution in [0.1, 0.15) is 44.2 Å². The number of rotatable bonds is 2. The van der Waals surface area contributed by atoms with Gasteiger partial charge in [-0.15, -0.1) is 0 Å². The SMILES string of the molecule is CC(C)(C)c1ccc2cc(C3CC=NC(Cl)=C3C=O)ccc2c1. The van der Waals surface area contributed by atoms with Gasteiger partial charge in [-0.2, -0.15) is 0 Å². The van der Waals surface area contributed by atoms with Crippen LogP contribution in [0.25, 0.3) is 10.8 Å². The van der Waals surface area contributed by atoms with Crippen molar-refractivity contribution in [2.75, 3.05) is 0 Å². The third-order valence-corrected chi connectivity index (χ3v) is 4.73. The molecule has 0 saturated carbocycles. The highest BCUT2D eigenvalue weighted by molar-refractivity contribution is 6.31. The number of carbonyl (C=O) groups is 1. The van der Waals surface area contributed by atoms with E-state index in [0.29, 0.717) is 17.2 Å². The van der Waals surface area contributed by atoms with Gasteiger partial charge in [-0.05, 0) is 33.7 Å². The van der Waals surface area contributed by atoms with Gasteiger partial charge in [-0.1, -0.05) is 68.8 Å². The van der Waals surface area contributed by atoms with E-state index in [1.807, 2.05) is 0 Å². The second kappa shape index (κ2) is 5.93. The van der Waals surface area contributed by atoms with Crippen LogP contribution in [0.3, 0.4) is 0 Å². The molecule has 2 aromatic rings. The number of aliphatic imine (C=N–C) groups is 1. The number of nitrogens with zero attached hydrogens (tertiary/aromatic N) is 1. The van der Waals surface area contributed by atoms with Crippen molar-refractivity contribution >= 4 is 34.9 Å². The van der Waals surface area contributed by atoms with E-state index in [1.54, 1.807) is 6.21 Å². The van der Waals surface area contributed by atoms with Crippen molar-refractivity contribution in [2.45, 2.75) is 38.5 Å². The zero-order chi connectivity index (χ0) is 16.6. The summed E-state index contributed by atoms with van der Waals surface area (Å²) in [6.45, 7) is 6.65. The van der Waals surface area contributed by atoms with Crippen molar-refractivity contribution in [3.05, 3.63) is 58.3 Å². The molecular weight excluding hydrogens is 306 g/mol. The van der Waals surface area contributed by atoms with E-state index in [9.17, 15) is 4.79 Å². The van der Waals surface area contributed by atoms with Crippen LogP contribution in [0.4, 0.5) is 0 Å². The van der Waals surface area contributed by atoms with Crippen molar-refractivity contribution in [2.24, 2.45) is 4.99 Å². The molecule has 0 radical (unpaired) electrons. The maximum Gasteiger partial charge on any atom is 0.149 e. The maximum absolute atomic E-state index is 11.4. The van der Waals surface area contributed by atoms with Gasteiger partial charge >= 0.3 is 0 Å². The molecule has 0 fully saturated rings. The zero-order valence-corrected chi connectivity index (χ0v) is 14.4. The number of allylic oxidation sites excluding steroid dienone is 1. The van der Waals surface area contributed by atoms with E-state index in [-0.39, 0.29) is 11.3 Å². The van der Waals surface area contributed by atoms with Crippen molar-refractivity contribution < 1.29 is 4.79 Å². The molecule has 1 aliphatic rings. The Morgan fingerprint density at radius 3 is 2.52 bits per heavy atom. The molecule has 3 heteroatoms. The summed E-state index contributed by atoms with van der Waals surface area (Å²) in [5.41, 5.74) is 3.12. The Hall–Kier alpha value is -1.93. The number of halogens is 1. The second-order valence-electron chi connectivity index (χ2n) is 7.04. The molecule has 118 valence electrons. The molecular formula is C20H20ClNO. The normalized spacial score (nSPS) is 18.5. The Labute approximate surface area is 141 Å². The predicted molar refractivity (Wildman–Crippen MR) is 97.4 cm³/mol. The molecule has 0 spiro atoms. The molecule has 0 saturated heterocycles. The average molecular weight is 326 g/mol. The minimum absolute atomic E-state index is 0.0100. The first-order valence-electron chi connectivity index (χ1n) is 7.82. The van der Waals surface area contributed by atoms with Crippen LogP contribution >= 0.6 is 11.6 Å². The van der Waals surface area contributed by atoms with E-state index >= 15 is 0 Å². The Bertz CT molecular complexity index is 827. The third-order valence-electron chi connectivity index (χ3n) is 4.42. The van der Waals surface area contributed by atoms with Crippen LogP contribution in [-0.2, 0) is 10.2 Å². The van der Waals surface area contributed by atoms with Crippen LogP contribution in [0.15, 0.2) is 52.1 Å². The monoisotopic (exact) mass is 325 g/mol. The fraction of sp³-hybridized carbons (Fsp3) is 0.300. The molecule has 1 atom stereocenters. The number of hydrogen-bond donors (Lipinski definition) is 0. The fourth-order valence-electron chi connectivity index (χ4n) is 2.98. The van der Waals surface area contributed by atoms with Crippen LogP contribution in [0, 0.1) is 0 Å². The largest absolute Gasteiger partial charge is 0.298 e. The summed E-state index contributed by atoms with van der Waals surface area (Å²) in [7, 11) is 0. The summed E-state index contributed by atoms with van der Waals surface area (Å²) in [5, 5.41) is 2.70. The van der Waals surface area contributed by atoms with Gasteiger partial charge in [-0.3, -0.25) is 4.79 Å². The predicted octanol–water partition coefficient (Wildman–Crippen LogP) is 5.34. The van der Waals surface area contributed by atoms with Gasteiger partial charge in [-0.25, -0.2) is 4.99 Å². The van der Waals surface area contributed by atoms with E-state index in [0.717, 1.165) is 11.8 Å². The Kier molecular flexibility index (Phi) is 4.11. The first-order chi connectivity index (χ1) is 10.9. The summed E-state index contributed by atoms with van der Waals surface area (Å²) in [5.74, 6) is -0.0100. The first-order valence-corrected chi connectivity index (χ1v) is 8.19. The Morgan fingerprint density at radius 2 is 1.83 bits per heavy atom. The van der Waals surface area contributed by atoms with E-state index in [2.05, 4.69) is 62.2 Å². The van der Waals surface area contributed by atoms with Gasteiger partial charge < -0.3 is 0 Å². The Morgan fingerprint density at radius 1 is 1.13 bits per heavy atom. The molecule has 0 bridgehead atoms. The molecule has 2 aromatic carbocycles. The minimum Gasteiger partial charge on any atom is -0.298 e. The standard InChI is InChI=1S/C20H20ClNO/c1-20(2,3)16-7-6-13-10-15(5-4-14(13)11-16)17-8-9-22-19(21)18(17)12-23/h4-7,9-12,17H,8H2,1-3H3.